The van der Waals surface area contributed by atoms with E-state index < -0.39 is 11.9 Å². The van der Waals surface area contributed by atoms with Crippen molar-refractivity contribution in [1.82, 2.24) is 10.3 Å². The van der Waals surface area contributed by atoms with Crippen LogP contribution < -0.4 is 5.32 Å². The molecule has 0 saturated heterocycles. The van der Waals surface area contributed by atoms with E-state index in [4.69, 9.17) is 4.74 Å². The summed E-state index contributed by atoms with van der Waals surface area (Å²) in [5.74, 6) is -1.20. The van der Waals surface area contributed by atoms with Gasteiger partial charge in [0.05, 0.1) is 18.2 Å². The summed E-state index contributed by atoms with van der Waals surface area (Å²) in [6.07, 6.45) is 3.02. The summed E-state index contributed by atoms with van der Waals surface area (Å²) in [6.45, 7) is 2.43. The van der Waals surface area contributed by atoms with Crippen LogP contribution in [0, 0.1) is 5.95 Å². The zero-order valence-corrected chi connectivity index (χ0v) is 10.1. The van der Waals surface area contributed by atoms with E-state index in [2.05, 4.69) is 10.3 Å². The molecular formula is C12H17FN2O2. The highest BCUT2D eigenvalue weighted by molar-refractivity contribution is 5.94. The third kappa shape index (κ3) is 4.11. The van der Waals surface area contributed by atoms with Crippen molar-refractivity contribution in [3.63, 3.8) is 0 Å². The number of carbonyl (C=O) groups is 1. The first-order valence-corrected chi connectivity index (χ1v) is 5.59. The summed E-state index contributed by atoms with van der Waals surface area (Å²) < 4.78 is 18.3. The number of methoxy groups -OCH3 is 1. The molecule has 0 aliphatic carbocycles. The Kier molecular flexibility index (Phi) is 5.56. The van der Waals surface area contributed by atoms with Crippen molar-refractivity contribution in [3.8, 4) is 0 Å². The summed E-state index contributed by atoms with van der Waals surface area (Å²) in [4.78, 5) is 15.2. The van der Waals surface area contributed by atoms with Crippen LogP contribution in [0.3, 0.4) is 0 Å². The number of halogens is 1. The topological polar surface area (TPSA) is 51.2 Å². The lowest BCUT2D eigenvalue weighted by Crippen LogP contribution is -2.38. The smallest absolute Gasteiger partial charge is 0.256 e. The fourth-order valence-corrected chi connectivity index (χ4v) is 1.57. The van der Waals surface area contributed by atoms with Gasteiger partial charge in [0.25, 0.3) is 5.91 Å². The maximum absolute atomic E-state index is 13.3. The Bertz CT molecular complexity index is 365. The molecule has 0 aliphatic heterocycles. The number of ether oxygens (including phenoxy) is 1. The van der Waals surface area contributed by atoms with Gasteiger partial charge < -0.3 is 10.1 Å². The van der Waals surface area contributed by atoms with E-state index in [1.807, 2.05) is 6.92 Å². The first-order valence-electron chi connectivity index (χ1n) is 5.59. The van der Waals surface area contributed by atoms with Crippen LogP contribution in [-0.4, -0.2) is 30.6 Å². The molecule has 0 aromatic carbocycles. The van der Waals surface area contributed by atoms with E-state index in [0.717, 1.165) is 12.8 Å². The van der Waals surface area contributed by atoms with Crippen LogP contribution >= 0.6 is 0 Å². The highest BCUT2D eigenvalue weighted by Crippen LogP contribution is 2.05. The molecule has 1 atom stereocenters. The third-order valence-electron chi connectivity index (χ3n) is 2.34. The molecule has 1 heterocycles. The molecule has 0 bridgehead atoms. The molecule has 4 nitrogen and oxygen atoms in total. The average Bonchev–Trinajstić information content (AvgIpc) is 2.30. The molecule has 1 N–H and O–H groups in total. The Hall–Kier alpha value is -1.49. The maximum atomic E-state index is 13.3. The Balaban J connectivity index is 2.67. The first kappa shape index (κ1) is 13.6. The number of hydrogen-bond donors (Lipinski definition) is 1. The van der Waals surface area contributed by atoms with Crippen LogP contribution in [0.25, 0.3) is 0 Å². The standard InChI is InChI=1S/C12H17FN2O2/c1-3-5-9(8-17-2)15-12(16)10-6-4-7-14-11(10)13/h4,6-7,9H,3,5,8H2,1-2H3,(H,15,16). The van der Waals surface area contributed by atoms with Crippen molar-refractivity contribution in [2.24, 2.45) is 0 Å². The fourth-order valence-electron chi connectivity index (χ4n) is 1.57. The molecule has 5 heteroatoms. The maximum Gasteiger partial charge on any atom is 0.256 e. The van der Waals surface area contributed by atoms with Gasteiger partial charge in [0, 0.05) is 13.3 Å². The molecule has 0 aliphatic rings. The summed E-state index contributed by atoms with van der Waals surface area (Å²) in [5, 5.41) is 2.73. The number of nitrogens with one attached hydrogen (secondary N) is 1. The Labute approximate surface area is 100 Å². The highest BCUT2D eigenvalue weighted by Gasteiger charge is 2.16. The molecule has 17 heavy (non-hydrogen) atoms. The van der Waals surface area contributed by atoms with Crippen LogP contribution in [-0.2, 0) is 4.74 Å². The fraction of sp³-hybridized carbons (Fsp3) is 0.500. The lowest BCUT2D eigenvalue weighted by molar-refractivity contribution is 0.0886. The van der Waals surface area contributed by atoms with Crippen molar-refractivity contribution in [1.29, 1.82) is 0 Å². The Morgan fingerprint density at radius 2 is 2.41 bits per heavy atom. The van der Waals surface area contributed by atoms with Gasteiger partial charge in [0.1, 0.15) is 0 Å². The molecular weight excluding hydrogens is 223 g/mol. The van der Waals surface area contributed by atoms with E-state index in [-0.39, 0.29) is 11.6 Å². The summed E-state index contributed by atoms with van der Waals surface area (Å²) >= 11 is 0. The third-order valence-corrected chi connectivity index (χ3v) is 2.34. The number of carbonyl (C=O) groups excluding carboxylic acids is 1. The molecule has 1 rings (SSSR count). The number of hydrogen-bond acceptors (Lipinski definition) is 3. The van der Waals surface area contributed by atoms with Gasteiger partial charge in [0.2, 0.25) is 5.95 Å². The lowest BCUT2D eigenvalue weighted by Gasteiger charge is -2.17. The van der Waals surface area contributed by atoms with Gasteiger partial charge in [-0.3, -0.25) is 4.79 Å². The molecule has 1 amide bonds. The predicted molar refractivity (Wildman–Crippen MR) is 62.2 cm³/mol. The normalized spacial score (nSPS) is 12.2. The average molecular weight is 240 g/mol. The van der Waals surface area contributed by atoms with Gasteiger partial charge in [0.15, 0.2) is 0 Å². The number of amides is 1. The molecule has 0 saturated carbocycles. The van der Waals surface area contributed by atoms with E-state index in [1.165, 1.54) is 18.3 Å². The van der Waals surface area contributed by atoms with Gasteiger partial charge >= 0.3 is 0 Å². The minimum Gasteiger partial charge on any atom is -0.383 e. The second-order valence-corrected chi connectivity index (χ2v) is 3.76. The van der Waals surface area contributed by atoms with E-state index >= 15 is 0 Å². The minimum absolute atomic E-state index is 0.0373. The molecule has 0 radical (unpaired) electrons. The van der Waals surface area contributed by atoms with E-state index in [1.54, 1.807) is 7.11 Å². The van der Waals surface area contributed by atoms with Crippen LogP contribution in [0.2, 0.25) is 0 Å². The molecule has 1 unspecified atom stereocenters. The molecule has 0 spiro atoms. The highest BCUT2D eigenvalue weighted by atomic mass is 19.1. The zero-order chi connectivity index (χ0) is 12.7. The molecule has 1 aromatic heterocycles. The number of aromatic nitrogens is 1. The quantitative estimate of drug-likeness (QED) is 0.771. The first-order chi connectivity index (χ1) is 8.19. The number of nitrogens with zero attached hydrogens (tertiary/aromatic N) is 1. The van der Waals surface area contributed by atoms with Gasteiger partial charge in [-0.1, -0.05) is 13.3 Å². The van der Waals surface area contributed by atoms with Crippen LogP contribution in [0.15, 0.2) is 18.3 Å². The van der Waals surface area contributed by atoms with Crippen molar-refractivity contribution in [3.05, 3.63) is 29.8 Å². The van der Waals surface area contributed by atoms with E-state index in [9.17, 15) is 9.18 Å². The van der Waals surface area contributed by atoms with E-state index in [0.29, 0.717) is 6.61 Å². The number of rotatable bonds is 6. The minimum atomic E-state index is -0.752. The van der Waals surface area contributed by atoms with Crippen LogP contribution in [0.4, 0.5) is 4.39 Å². The second kappa shape index (κ2) is 6.96. The molecule has 94 valence electrons. The monoisotopic (exact) mass is 240 g/mol. The summed E-state index contributed by atoms with van der Waals surface area (Å²) in [5.41, 5.74) is -0.0373. The Morgan fingerprint density at radius 3 is 3.00 bits per heavy atom. The van der Waals surface area contributed by atoms with Crippen molar-refractivity contribution >= 4 is 5.91 Å². The molecule has 1 aromatic rings. The van der Waals surface area contributed by atoms with Crippen molar-refractivity contribution < 1.29 is 13.9 Å². The number of pyridine rings is 1. The predicted octanol–water partition coefficient (Wildman–Crippen LogP) is 1.77. The SMILES string of the molecule is CCCC(COC)NC(=O)c1cccnc1F. The summed E-state index contributed by atoms with van der Waals surface area (Å²) in [7, 11) is 1.57. The van der Waals surface area contributed by atoms with Crippen LogP contribution in [0.1, 0.15) is 30.1 Å². The van der Waals surface area contributed by atoms with Gasteiger partial charge in [-0.05, 0) is 18.6 Å². The van der Waals surface area contributed by atoms with Gasteiger partial charge in [-0.25, -0.2) is 4.98 Å². The van der Waals surface area contributed by atoms with Crippen LogP contribution in [0.5, 0.6) is 0 Å². The summed E-state index contributed by atoms with van der Waals surface area (Å²) in [6, 6.07) is 2.84. The Morgan fingerprint density at radius 1 is 1.65 bits per heavy atom. The van der Waals surface area contributed by atoms with Gasteiger partial charge in [-0.15, -0.1) is 0 Å². The second-order valence-electron chi connectivity index (χ2n) is 3.76. The van der Waals surface area contributed by atoms with Crippen molar-refractivity contribution in [2.45, 2.75) is 25.8 Å². The lowest BCUT2D eigenvalue weighted by atomic mass is 10.1. The van der Waals surface area contributed by atoms with Crippen molar-refractivity contribution in [2.75, 3.05) is 13.7 Å². The largest absolute Gasteiger partial charge is 0.383 e. The van der Waals surface area contributed by atoms with Gasteiger partial charge in [-0.2, -0.15) is 4.39 Å². The zero-order valence-electron chi connectivity index (χ0n) is 10.1. The molecule has 0 fully saturated rings.